The predicted octanol–water partition coefficient (Wildman–Crippen LogP) is 11.4. The Morgan fingerprint density at radius 2 is 1.26 bits per heavy atom. The largest absolute Gasteiger partial charge is 0.454 e. The van der Waals surface area contributed by atoms with Crippen LogP contribution >= 0.6 is 0 Å². The second kappa shape index (κ2) is 12.5. The third-order valence-corrected chi connectivity index (χ3v) is 10.7. The van der Waals surface area contributed by atoms with Gasteiger partial charge in [0.2, 0.25) is 5.52 Å². The normalized spacial score (nSPS) is 15.2. The highest BCUT2D eigenvalue weighted by Crippen LogP contribution is 2.36. The number of aryl methyl sites for hydroxylation is 1. The summed E-state index contributed by atoms with van der Waals surface area (Å²) in [5.74, 6) is 0.673. The Bertz CT molecular complexity index is 3010. The number of fused-ring (bicyclic) bond motifs is 8. The smallest absolute Gasteiger partial charge is 0.224 e. The van der Waals surface area contributed by atoms with Crippen molar-refractivity contribution in [3.63, 3.8) is 0 Å². The van der Waals surface area contributed by atoms with Gasteiger partial charge in [-0.05, 0) is 71.5 Å². The lowest BCUT2D eigenvalue weighted by molar-refractivity contribution is -0.643. The molecular weight excluding hydrogens is 649 g/mol. The fraction of sp³-hybridized carbons (Fsp3) is 0.0833. The third kappa shape index (κ3) is 5.24. The molecule has 5 heteroatoms. The maximum atomic E-state index is 6.28. The average Bonchev–Trinajstić information content (AvgIpc) is 3.59. The number of amidine groups is 1. The third-order valence-electron chi connectivity index (χ3n) is 10.7. The first kappa shape index (κ1) is 31.1. The van der Waals surface area contributed by atoms with E-state index in [1.807, 2.05) is 18.3 Å². The summed E-state index contributed by atoms with van der Waals surface area (Å²) in [6.45, 7) is 2.21. The first-order valence-corrected chi connectivity index (χ1v) is 18.1. The summed E-state index contributed by atoms with van der Waals surface area (Å²) in [7, 11) is 2.13. The molecule has 0 fully saturated rings. The lowest BCUT2D eigenvalue weighted by Crippen LogP contribution is -2.30. The quantitative estimate of drug-likeness (QED) is 0.137. The van der Waals surface area contributed by atoms with Crippen molar-refractivity contribution in [3.05, 3.63) is 174 Å². The zero-order valence-corrected chi connectivity index (χ0v) is 29.5. The van der Waals surface area contributed by atoms with Gasteiger partial charge in [0, 0.05) is 38.9 Å². The summed E-state index contributed by atoms with van der Waals surface area (Å²) in [5, 5.41) is 8.14. The van der Waals surface area contributed by atoms with Crippen molar-refractivity contribution < 1.29 is 8.98 Å². The van der Waals surface area contributed by atoms with Crippen molar-refractivity contribution in [2.75, 3.05) is 0 Å². The lowest BCUT2D eigenvalue weighted by Gasteiger charge is -2.17. The number of aliphatic imine (C=N–C) groups is 2. The molecule has 9 aromatic rings. The SMILES string of the molecule is C/C1=C(/c2ccc(-c3ccccc3)cc2)N=C(c2cccc3c4c(ccc5ccccc54)c[n+](C)c23)N=C(c2cncc3oc4ccccc4c23)CC1. The van der Waals surface area contributed by atoms with Gasteiger partial charge in [-0.25, -0.2) is 9.98 Å². The standard InChI is InChI=1S/C48H35N4O/c1-30-19-26-41(40-27-49-28-43-45(40)37-15-8-9-18-42(37)53-43)50-48(51-46(30)34-23-20-32(21-24-34)31-11-4-3-5-12-31)39-17-10-16-38-44-35(29-52(2)47(38)39)25-22-33-13-6-7-14-36(33)44/h3-18,20-25,27-29H,19,26H2,1-2H3/q+1/b46-30+,50-41?,51-48?. The van der Waals surface area contributed by atoms with Gasteiger partial charge in [-0.1, -0.05) is 109 Å². The maximum Gasteiger partial charge on any atom is 0.224 e. The first-order valence-electron chi connectivity index (χ1n) is 18.1. The number of allylic oxidation sites excluding steroid dienone is 1. The van der Waals surface area contributed by atoms with Gasteiger partial charge in [0.1, 0.15) is 12.6 Å². The number of hydrogen-bond donors (Lipinski definition) is 0. The lowest BCUT2D eigenvalue weighted by atomic mass is 9.95. The van der Waals surface area contributed by atoms with Crippen LogP contribution in [0.3, 0.4) is 0 Å². The summed E-state index contributed by atoms with van der Waals surface area (Å²) in [6, 6.07) is 47.1. The molecule has 0 unspecified atom stereocenters. The monoisotopic (exact) mass is 683 g/mol. The van der Waals surface area contributed by atoms with E-state index in [4.69, 9.17) is 14.4 Å². The molecule has 0 atom stereocenters. The van der Waals surface area contributed by atoms with Crippen LogP contribution in [0.25, 0.3) is 71.2 Å². The first-order chi connectivity index (χ1) is 26.1. The molecule has 5 nitrogen and oxygen atoms in total. The molecule has 252 valence electrons. The van der Waals surface area contributed by atoms with Crippen LogP contribution in [-0.4, -0.2) is 16.5 Å². The topological polar surface area (TPSA) is 54.6 Å². The molecule has 3 aromatic heterocycles. The molecule has 0 radical (unpaired) electrons. The van der Waals surface area contributed by atoms with Crippen LogP contribution in [0.4, 0.5) is 0 Å². The van der Waals surface area contributed by atoms with Crippen LogP contribution in [0.2, 0.25) is 0 Å². The molecule has 0 spiro atoms. The minimum atomic E-state index is 0.673. The van der Waals surface area contributed by atoms with Gasteiger partial charge in [-0.3, -0.25) is 4.98 Å². The molecule has 4 heterocycles. The molecule has 0 saturated heterocycles. The van der Waals surface area contributed by atoms with E-state index in [0.29, 0.717) is 5.84 Å². The number of nitrogens with zero attached hydrogens (tertiary/aromatic N) is 4. The Hall–Kier alpha value is -6.72. The van der Waals surface area contributed by atoms with Crippen LogP contribution in [0.15, 0.2) is 172 Å². The highest BCUT2D eigenvalue weighted by atomic mass is 16.3. The fourth-order valence-corrected chi connectivity index (χ4v) is 8.08. The summed E-state index contributed by atoms with van der Waals surface area (Å²) in [4.78, 5) is 15.8. The molecule has 0 amide bonds. The molecule has 1 aliphatic rings. The van der Waals surface area contributed by atoms with Crippen molar-refractivity contribution in [1.29, 1.82) is 0 Å². The van der Waals surface area contributed by atoms with E-state index in [0.717, 1.165) is 68.4 Å². The predicted molar refractivity (Wildman–Crippen MR) is 218 cm³/mol. The van der Waals surface area contributed by atoms with E-state index < -0.39 is 0 Å². The second-order valence-corrected chi connectivity index (χ2v) is 13.9. The van der Waals surface area contributed by atoms with E-state index in [1.165, 1.54) is 43.6 Å². The Kier molecular flexibility index (Phi) is 7.32. The average molecular weight is 684 g/mol. The zero-order chi connectivity index (χ0) is 35.5. The van der Waals surface area contributed by atoms with E-state index in [2.05, 4.69) is 151 Å². The van der Waals surface area contributed by atoms with Gasteiger partial charge in [0.05, 0.1) is 28.6 Å². The van der Waals surface area contributed by atoms with Gasteiger partial charge in [-0.2, -0.15) is 4.57 Å². The summed E-state index contributed by atoms with van der Waals surface area (Å²) in [6.07, 6.45) is 7.50. The van der Waals surface area contributed by atoms with Gasteiger partial charge in [0.15, 0.2) is 17.6 Å². The molecule has 0 N–H and O–H groups in total. The van der Waals surface area contributed by atoms with Crippen LogP contribution in [-0.2, 0) is 7.05 Å². The number of pyridine rings is 2. The number of aromatic nitrogens is 2. The number of furan rings is 1. The molecule has 53 heavy (non-hydrogen) atoms. The Morgan fingerprint density at radius 3 is 2.13 bits per heavy atom. The molecule has 10 rings (SSSR count). The summed E-state index contributed by atoms with van der Waals surface area (Å²) < 4.78 is 8.51. The summed E-state index contributed by atoms with van der Waals surface area (Å²) >= 11 is 0. The van der Waals surface area contributed by atoms with E-state index in [-0.39, 0.29) is 0 Å². The molecule has 0 aliphatic carbocycles. The molecular formula is C48H35N4O+. The Labute approximate surface area is 306 Å². The molecule has 0 saturated carbocycles. The second-order valence-electron chi connectivity index (χ2n) is 13.9. The highest BCUT2D eigenvalue weighted by molar-refractivity contribution is 6.25. The van der Waals surface area contributed by atoms with Crippen LogP contribution in [0, 0.1) is 0 Å². The Balaban J connectivity index is 1.23. The van der Waals surface area contributed by atoms with Crippen LogP contribution in [0.1, 0.15) is 36.5 Å². The zero-order valence-electron chi connectivity index (χ0n) is 29.5. The van der Waals surface area contributed by atoms with Crippen LogP contribution < -0.4 is 4.57 Å². The van der Waals surface area contributed by atoms with Crippen molar-refractivity contribution in [3.8, 4) is 11.1 Å². The number of rotatable bonds is 4. The van der Waals surface area contributed by atoms with Gasteiger partial charge in [0.25, 0.3) is 0 Å². The number of para-hydroxylation sites is 2. The Morgan fingerprint density at radius 1 is 0.547 bits per heavy atom. The minimum Gasteiger partial charge on any atom is -0.454 e. The number of benzene rings is 6. The highest BCUT2D eigenvalue weighted by Gasteiger charge is 2.24. The molecule has 6 aromatic carbocycles. The molecule has 1 aliphatic heterocycles. The van der Waals surface area contributed by atoms with Crippen molar-refractivity contribution in [2.24, 2.45) is 17.0 Å². The van der Waals surface area contributed by atoms with E-state index in [9.17, 15) is 0 Å². The van der Waals surface area contributed by atoms with E-state index >= 15 is 0 Å². The van der Waals surface area contributed by atoms with Crippen molar-refractivity contribution in [2.45, 2.75) is 19.8 Å². The van der Waals surface area contributed by atoms with Crippen molar-refractivity contribution in [1.82, 2.24) is 4.98 Å². The van der Waals surface area contributed by atoms with Crippen LogP contribution in [0.5, 0.6) is 0 Å². The fourth-order valence-electron chi connectivity index (χ4n) is 8.08. The summed E-state index contributed by atoms with van der Waals surface area (Å²) in [5.41, 5.74) is 11.2. The molecule has 0 bridgehead atoms. The van der Waals surface area contributed by atoms with Gasteiger partial charge in [-0.15, -0.1) is 0 Å². The number of hydrogen-bond acceptors (Lipinski definition) is 4. The van der Waals surface area contributed by atoms with Crippen molar-refractivity contribution >= 4 is 71.6 Å². The minimum absolute atomic E-state index is 0.673. The van der Waals surface area contributed by atoms with Gasteiger partial charge >= 0.3 is 0 Å². The van der Waals surface area contributed by atoms with E-state index in [1.54, 1.807) is 6.20 Å². The maximum absolute atomic E-state index is 6.28. The van der Waals surface area contributed by atoms with Gasteiger partial charge < -0.3 is 4.42 Å².